The number of hydrogen-bond acceptors (Lipinski definition) is 14. The molecule has 10 atom stereocenters. The molecule has 222 valence electrons. The van der Waals surface area contributed by atoms with Gasteiger partial charge in [-0.1, -0.05) is 0 Å². The predicted molar refractivity (Wildman–Crippen MR) is 137 cm³/mol. The molecule has 0 amide bonds. The monoisotopic (exact) mass is 578 g/mol. The number of aromatic hydroxyl groups is 4. The smallest absolute Gasteiger partial charge is 0.197 e. The fourth-order valence-corrected chi connectivity index (χ4v) is 5.34. The number of phenols is 4. The highest BCUT2D eigenvalue weighted by Crippen LogP contribution is 2.51. The molecule has 2 aliphatic rings. The Morgan fingerprint density at radius 3 is 1.71 bits per heavy atom. The number of benzene rings is 2. The van der Waals surface area contributed by atoms with Crippen molar-refractivity contribution < 1.29 is 65.0 Å². The van der Waals surface area contributed by atoms with Gasteiger partial charge in [0.2, 0.25) is 0 Å². The summed E-state index contributed by atoms with van der Waals surface area (Å²) in [6, 6.07) is 4.46. The third kappa shape index (κ3) is 4.58. The number of aliphatic hydroxyl groups is 6. The van der Waals surface area contributed by atoms with Crippen LogP contribution in [0.15, 0.2) is 33.5 Å². The molecule has 0 unspecified atom stereocenters. The Kier molecular flexibility index (Phi) is 7.38. The molecule has 0 radical (unpaired) electrons. The highest BCUT2D eigenvalue weighted by molar-refractivity contribution is 5.92. The molecule has 3 aromatic rings. The van der Waals surface area contributed by atoms with Crippen LogP contribution in [0.5, 0.6) is 23.0 Å². The largest absolute Gasteiger partial charge is 0.507 e. The minimum atomic E-state index is -1.90. The highest BCUT2D eigenvalue weighted by Gasteiger charge is 2.48. The van der Waals surface area contributed by atoms with E-state index < -0.39 is 112 Å². The molecule has 1 aromatic heterocycles. The minimum Gasteiger partial charge on any atom is -0.507 e. The maximum Gasteiger partial charge on any atom is 0.197 e. The van der Waals surface area contributed by atoms with Gasteiger partial charge in [-0.2, -0.15) is 0 Å². The molecule has 0 spiro atoms. The number of fused-ring (bicyclic) bond motifs is 1. The van der Waals surface area contributed by atoms with Crippen molar-refractivity contribution in [2.24, 2.45) is 0 Å². The van der Waals surface area contributed by atoms with E-state index in [-0.39, 0.29) is 11.3 Å². The zero-order valence-corrected chi connectivity index (χ0v) is 21.7. The quantitative estimate of drug-likeness (QED) is 0.174. The molecule has 2 aromatic carbocycles. The maximum atomic E-state index is 13.5. The molecule has 10 N–H and O–H groups in total. The molecule has 14 nitrogen and oxygen atoms in total. The van der Waals surface area contributed by atoms with E-state index in [2.05, 4.69) is 0 Å². The Labute approximate surface area is 231 Å². The molecule has 2 fully saturated rings. The number of hydrogen-bond donors (Lipinski definition) is 10. The topological polar surface area (TPSA) is 251 Å². The lowest BCUT2D eigenvalue weighted by Crippen LogP contribution is -2.53. The lowest BCUT2D eigenvalue weighted by molar-refractivity contribution is -0.222. The van der Waals surface area contributed by atoms with Crippen molar-refractivity contribution in [3.05, 3.63) is 45.6 Å². The first-order valence-corrected chi connectivity index (χ1v) is 12.7. The van der Waals surface area contributed by atoms with E-state index in [4.69, 9.17) is 13.9 Å². The Morgan fingerprint density at radius 2 is 1.17 bits per heavy atom. The maximum absolute atomic E-state index is 13.5. The zero-order chi connectivity index (χ0) is 30.1. The van der Waals surface area contributed by atoms with Crippen molar-refractivity contribution in [1.82, 2.24) is 0 Å². The van der Waals surface area contributed by atoms with Gasteiger partial charge >= 0.3 is 0 Å². The van der Waals surface area contributed by atoms with Gasteiger partial charge in [-0.25, -0.2) is 0 Å². The van der Waals surface area contributed by atoms with Crippen LogP contribution >= 0.6 is 0 Å². The van der Waals surface area contributed by atoms with Gasteiger partial charge in [-0.05, 0) is 32.0 Å². The molecule has 0 aliphatic carbocycles. The first-order valence-electron chi connectivity index (χ1n) is 12.7. The number of ether oxygens (including phenoxy) is 2. The second-order valence-corrected chi connectivity index (χ2v) is 10.4. The van der Waals surface area contributed by atoms with E-state index in [0.29, 0.717) is 0 Å². The molecule has 2 saturated heterocycles. The summed E-state index contributed by atoms with van der Waals surface area (Å²) < 4.78 is 17.2. The van der Waals surface area contributed by atoms with E-state index in [9.17, 15) is 55.9 Å². The third-order valence-electron chi connectivity index (χ3n) is 7.73. The summed E-state index contributed by atoms with van der Waals surface area (Å²) in [6.07, 6.45) is -16.0. The Balaban J connectivity index is 1.82. The van der Waals surface area contributed by atoms with Crippen LogP contribution in [0.4, 0.5) is 0 Å². The van der Waals surface area contributed by atoms with Crippen LogP contribution in [0.1, 0.15) is 37.2 Å². The van der Waals surface area contributed by atoms with Gasteiger partial charge in [0.25, 0.3) is 0 Å². The minimum absolute atomic E-state index is 0.0965. The first-order chi connectivity index (χ1) is 19.2. The van der Waals surface area contributed by atoms with E-state index in [1.807, 2.05) is 0 Å². The van der Waals surface area contributed by atoms with Crippen LogP contribution in [0, 0.1) is 0 Å². The average molecular weight is 579 g/mol. The lowest BCUT2D eigenvalue weighted by Gasteiger charge is -2.41. The first kappa shape index (κ1) is 29.0. The molecule has 41 heavy (non-hydrogen) atoms. The molecule has 5 rings (SSSR count). The fourth-order valence-electron chi connectivity index (χ4n) is 5.34. The van der Waals surface area contributed by atoms with Crippen molar-refractivity contribution >= 4 is 11.0 Å². The zero-order valence-electron chi connectivity index (χ0n) is 21.7. The number of phenolic OH excluding ortho intramolecular Hbond substituents is 4. The number of aliphatic hydroxyl groups excluding tert-OH is 6. The Hall–Kier alpha value is -3.47. The van der Waals surface area contributed by atoms with Crippen molar-refractivity contribution in [3.8, 4) is 34.3 Å². The lowest BCUT2D eigenvalue weighted by atomic mass is 9.85. The van der Waals surface area contributed by atoms with Crippen molar-refractivity contribution in [2.45, 2.75) is 74.9 Å². The van der Waals surface area contributed by atoms with Gasteiger partial charge in [-0.3, -0.25) is 4.79 Å². The van der Waals surface area contributed by atoms with Crippen LogP contribution < -0.4 is 5.43 Å². The van der Waals surface area contributed by atoms with Crippen LogP contribution in [0.25, 0.3) is 22.3 Å². The van der Waals surface area contributed by atoms with Gasteiger partial charge in [0.05, 0.1) is 23.3 Å². The molecule has 14 heteroatoms. The van der Waals surface area contributed by atoms with E-state index in [1.165, 1.54) is 19.9 Å². The van der Waals surface area contributed by atoms with Crippen LogP contribution in [-0.2, 0) is 9.47 Å². The Morgan fingerprint density at radius 1 is 0.634 bits per heavy atom. The summed E-state index contributed by atoms with van der Waals surface area (Å²) in [5.41, 5.74) is -2.38. The summed E-state index contributed by atoms with van der Waals surface area (Å²) in [5.74, 6) is -3.00. The highest BCUT2D eigenvalue weighted by atomic mass is 16.5. The normalized spacial score (nSPS) is 34.1. The van der Waals surface area contributed by atoms with Crippen LogP contribution in [0.3, 0.4) is 0 Å². The van der Waals surface area contributed by atoms with Crippen molar-refractivity contribution in [2.75, 3.05) is 0 Å². The summed E-state index contributed by atoms with van der Waals surface area (Å²) in [6.45, 7) is 2.74. The molecule has 0 saturated carbocycles. The molecule has 0 bridgehead atoms. The van der Waals surface area contributed by atoms with E-state index >= 15 is 0 Å². The summed E-state index contributed by atoms with van der Waals surface area (Å²) in [5, 5.41) is 105. The second kappa shape index (κ2) is 10.4. The SMILES string of the molecule is C[C@@H]1O[C@@H](c2c(O)c([C@@H]3O[C@H](C)[C@H](O)[C@H](O)[C@H]3O)c(O)c3c(=O)cc(-c4ccc(O)c(O)c4)oc23)[C@@H](O)[C@H](O)[C@H]1O. The summed E-state index contributed by atoms with van der Waals surface area (Å²) in [4.78, 5) is 13.5. The van der Waals surface area contributed by atoms with Crippen LogP contribution in [-0.4, -0.2) is 99.9 Å². The summed E-state index contributed by atoms with van der Waals surface area (Å²) in [7, 11) is 0. The van der Waals surface area contributed by atoms with Crippen LogP contribution in [0.2, 0.25) is 0 Å². The van der Waals surface area contributed by atoms with E-state index in [1.54, 1.807) is 0 Å². The van der Waals surface area contributed by atoms with Crippen molar-refractivity contribution in [1.29, 1.82) is 0 Å². The molecular formula is C27H30O14. The van der Waals surface area contributed by atoms with Gasteiger partial charge in [0.15, 0.2) is 22.5 Å². The third-order valence-corrected chi connectivity index (χ3v) is 7.73. The molecule has 2 aliphatic heterocycles. The number of rotatable bonds is 3. The van der Waals surface area contributed by atoms with E-state index in [0.717, 1.165) is 18.2 Å². The predicted octanol–water partition coefficient (Wildman–Crippen LogP) is -0.633. The van der Waals surface area contributed by atoms with Gasteiger partial charge in [0, 0.05) is 11.6 Å². The fraction of sp³-hybridized carbons (Fsp3) is 0.444. The molecule has 3 heterocycles. The Bertz CT molecular complexity index is 1530. The molecular weight excluding hydrogens is 548 g/mol. The second-order valence-electron chi connectivity index (χ2n) is 10.4. The van der Waals surface area contributed by atoms with Crippen molar-refractivity contribution in [3.63, 3.8) is 0 Å². The van der Waals surface area contributed by atoms with Gasteiger partial charge in [-0.15, -0.1) is 0 Å². The van der Waals surface area contributed by atoms with Gasteiger partial charge < -0.3 is 65.0 Å². The van der Waals surface area contributed by atoms with Gasteiger partial charge in [0.1, 0.15) is 71.5 Å². The summed E-state index contributed by atoms with van der Waals surface area (Å²) >= 11 is 0. The standard InChI is InChI=1S/C27H30O14/c1-7-17(31)21(35)23(37)26(39-7)15-19(33)14-12(30)6-13(9-3-4-10(28)11(29)5-9)41-25(14)16(20(15)34)27-24(38)22(36)18(32)8(2)40-27/h3-8,17-18,21-24,26-29,31-38H,1-2H3/t7-,8+,17+,18+,21+,22-,23-,24+,26+,27+/m1/s1. The average Bonchev–Trinajstić information content (AvgIpc) is 2.92.